The van der Waals surface area contributed by atoms with Gasteiger partial charge in [0.25, 0.3) is 0 Å². The van der Waals surface area contributed by atoms with Crippen LogP contribution in [0.2, 0.25) is 0 Å². The lowest BCUT2D eigenvalue weighted by atomic mass is 10.2. The molecule has 106 valence electrons. The van der Waals surface area contributed by atoms with Gasteiger partial charge in [0, 0.05) is 29.0 Å². The number of benzene rings is 1. The van der Waals surface area contributed by atoms with Gasteiger partial charge in [-0.05, 0) is 18.2 Å². The van der Waals surface area contributed by atoms with Crippen LogP contribution in [0.3, 0.4) is 0 Å². The van der Waals surface area contributed by atoms with E-state index < -0.39 is 0 Å². The summed E-state index contributed by atoms with van der Waals surface area (Å²) in [5.41, 5.74) is 0.583. The Morgan fingerprint density at radius 2 is 2.30 bits per heavy atom. The fourth-order valence-corrected chi connectivity index (χ4v) is 2.56. The average molecular weight is 342 g/mol. The van der Waals surface area contributed by atoms with E-state index >= 15 is 0 Å². The normalized spacial score (nSPS) is 19.2. The van der Waals surface area contributed by atoms with E-state index in [4.69, 9.17) is 9.26 Å². The first kappa shape index (κ1) is 13.7. The van der Waals surface area contributed by atoms with E-state index in [1.165, 1.54) is 12.1 Å². The van der Waals surface area contributed by atoms with Crippen LogP contribution in [0.4, 0.5) is 4.39 Å². The van der Waals surface area contributed by atoms with Crippen LogP contribution in [0.15, 0.2) is 27.2 Å². The molecule has 1 aromatic heterocycles. The van der Waals surface area contributed by atoms with E-state index in [1.54, 1.807) is 6.07 Å². The molecule has 1 aliphatic heterocycles. The molecule has 0 saturated carbocycles. The topological polar surface area (TPSA) is 60.2 Å². The Bertz CT molecular complexity index is 579. The minimum Gasteiger partial charge on any atom is -0.378 e. The maximum Gasteiger partial charge on any atom is 0.228 e. The maximum absolute atomic E-state index is 13.4. The van der Waals surface area contributed by atoms with Gasteiger partial charge in [-0.3, -0.25) is 0 Å². The summed E-state index contributed by atoms with van der Waals surface area (Å²) in [4.78, 5) is 4.30. The lowest BCUT2D eigenvalue weighted by Gasteiger charge is -2.22. The Hall–Kier alpha value is -1.31. The Kier molecular flexibility index (Phi) is 4.09. The summed E-state index contributed by atoms with van der Waals surface area (Å²) in [5.74, 6) is 0.559. The number of aromatic nitrogens is 2. The third-order valence-electron chi connectivity index (χ3n) is 3.01. The molecule has 0 aliphatic carbocycles. The Morgan fingerprint density at radius 1 is 1.40 bits per heavy atom. The third kappa shape index (κ3) is 3.23. The molecule has 1 atom stereocenters. The molecule has 2 heterocycles. The molecular weight excluding hydrogens is 329 g/mol. The third-order valence-corrected chi connectivity index (χ3v) is 3.47. The highest BCUT2D eigenvalue weighted by Crippen LogP contribution is 2.22. The van der Waals surface area contributed by atoms with Crippen LogP contribution >= 0.6 is 15.9 Å². The van der Waals surface area contributed by atoms with Crippen molar-refractivity contribution >= 4 is 15.9 Å². The van der Waals surface area contributed by atoms with Crippen LogP contribution in [-0.4, -0.2) is 35.9 Å². The summed E-state index contributed by atoms with van der Waals surface area (Å²) in [5, 5.41) is 7.21. The molecule has 5 nitrogen and oxygen atoms in total. The SMILES string of the molecule is Fc1cc(Br)cc(-c2noc(CC3COCCN3)n2)c1. The number of nitrogens with zero attached hydrogens (tertiary/aromatic N) is 2. The molecule has 1 aliphatic rings. The number of halogens is 2. The van der Waals surface area contributed by atoms with Gasteiger partial charge in [0.2, 0.25) is 11.7 Å². The molecular formula is C13H13BrFN3O2. The van der Waals surface area contributed by atoms with Gasteiger partial charge in [0.1, 0.15) is 5.82 Å². The zero-order chi connectivity index (χ0) is 13.9. The largest absolute Gasteiger partial charge is 0.378 e. The fourth-order valence-electron chi connectivity index (χ4n) is 2.10. The number of hydrogen-bond donors (Lipinski definition) is 1. The van der Waals surface area contributed by atoms with E-state index in [0.29, 0.717) is 34.8 Å². The smallest absolute Gasteiger partial charge is 0.228 e. The minimum absolute atomic E-state index is 0.177. The number of rotatable bonds is 3. The van der Waals surface area contributed by atoms with Gasteiger partial charge in [-0.1, -0.05) is 21.1 Å². The molecule has 0 amide bonds. The maximum atomic E-state index is 13.4. The van der Waals surface area contributed by atoms with Crippen LogP contribution in [0, 0.1) is 5.82 Å². The molecule has 7 heteroatoms. The van der Waals surface area contributed by atoms with E-state index in [-0.39, 0.29) is 11.9 Å². The summed E-state index contributed by atoms with van der Waals surface area (Å²) in [6.07, 6.45) is 0.601. The molecule has 1 saturated heterocycles. The van der Waals surface area contributed by atoms with Gasteiger partial charge < -0.3 is 14.6 Å². The quantitative estimate of drug-likeness (QED) is 0.926. The molecule has 0 spiro atoms. The van der Waals surface area contributed by atoms with Gasteiger partial charge in [-0.15, -0.1) is 0 Å². The predicted molar refractivity (Wildman–Crippen MR) is 73.7 cm³/mol. The number of ether oxygens (including phenoxy) is 1. The molecule has 0 bridgehead atoms. The molecule has 1 N–H and O–H groups in total. The Morgan fingerprint density at radius 3 is 3.05 bits per heavy atom. The van der Waals surface area contributed by atoms with Crippen LogP contribution in [-0.2, 0) is 11.2 Å². The molecule has 1 unspecified atom stereocenters. The monoisotopic (exact) mass is 341 g/mol. The van der Waals surface area contributed by atoms with Gasteiger partial charge in [-0.2, -0.15) is 4.98 Å². The zero-order valence-electron chi connectivity index (χ0n) is 10.6. The van der Waals surface area contributed by atoms with Crippen LogP contribution in [0.1, 0.15) is 5.89 Å². The lowest BCUT2D eigenvalue weighted by Crippen LogP contribution is -2.42. The Balaban J connectivity index is 1.75. The van der Waals surface area contributed by atoms with Gasteiger partial charge in [0.15, 0.2) is 0 Å². The molecule has 3 rings (SSSR count). The highest BCUT2D eigenvalue weighted by molar-refractivity contribution is 9.10. The second-order valence-electron chi connectivity index (χ2n) is 4.60. The first-order valence-electron chi connectivity index (χ1n) is 6.31. The highest BCUT2D eigenvalue weighted by atomic mass is 79.9. The van der Waals surface area contributed by atoms with E-state index in [1.807, 2.05) is 0 Å². The fraction of sp³-hybridized carbons (Fsp3) is 0.385. The first-order chi connectivity index (χ1) is 9.70. The summed E-state index contributed by atoms with van der Waals surface area (Å²) >= 11 is 3.24. The number of nitrogens with one attached hydrogen (secondary N) is 1. The zero-order valence-corrected chi connectivity index (χ0v) is 12.2. The molecule has 20 heavy (non-hydrogen) atoms. The van der Waals surface area contributed by atoms with Crippen molar-refractivity contribution in [1.29, 1.82) is 0 Å². The number of hydrogen-bond acceptors (Lipinski definition) is 5. The molecule has 1 fully saturated rings. The Labute approximate surface area is 123 Å². The summed E-state index contributed by atoms with van der Waals surface area (Å²) in [6, 6.07) is 4.69. The second-order valence-corrected chi connectivity index (χ2v) is 5.52. The van der Waals surface area contributed by atoms with Crippen molar-refractivity contribution in [2.24, 2.45) is 0 Å². The average Bonchev–Trinajstić information content (AvgIpc) is 2.87. The summed E-state index contributed by atoms with van der Waals surface area (Å²) in [6.45, 7) is 2.18. The van der Waals surface area contributed by atoms with Crippen molar-refractivity contribution in [3.63, 3.8) is 0 Å². The second kappa shape index (κ2) is 5.99. The predicted octanol–water partition coefficient (Wildman–Crippen LogP) is 2.17. The molecule has 1 aromatic carbocycles. The van der Waals surface area contributed by atoms with Gasteiger partial charge in [0.05, 0.1) is 13.2 Å². The van der Waals surface area contributed by atoms with Crippen LogP contribution in [0.5, 0.6) is 0 Å². The van der Waals surface area contributed by atoms with Crippen molar-refractivity contribution in [2.45, 2.75) is 12.5 Å². The van der Waals surface area contributed by atoms with Gasteiger partial charge in [-0.25, -0.2) is 4.39 Å². The summed E-state index contributed by atoms with van der Waals surface area (Å²) < 4.78 is 24.6. The van der Waals surface area contributed by atoms with Gasteiger partial charge >= 0.3 is 0 Å². The van der Waals surface area contributed by atoms with Crippen molar-refractivity contribution in [3.8, 4) is 11.4 Å². The standard InChI is InChI=1S/C13H13BrFN3O2/c14-9-3-8(4-10(15)5-9)13-17-12(20-18-13)6-11-7-19-2-1-16-11/h3-5,11,16H,1-2,6-7H2. The summed E-state index contributed by atoms with van der Waals surface area (Å²) in [7, 11) is 0. The van der Waals surface area contributed by atoms with Crippen molar-refractivity contribution < 1.29 is 13.7 Å². The highest BCUT2D eigenvalue weighted by Gasteiger charge is 2.18. The number of morpholine rings is 1. The van der Waals surface area contributed by atoms with Crippen molar-refractivity contribution in [3.05, 3.63) is 34.4 Å². The van der Waals surface area contributed by atoms with Crippen molar-refractivity contribution in [2.75, 3.05) is 19.8 Å². The van der Waals surface area contributed by atoms with Crippen LogP contribution in [0.25, 0.3) is 11.4 Å². The lowest BCUT2D eigenvalue weighted by molar-refractivity contribution is 0.0744. The molecule has 0 radical (unpaired) electrons. The van der Waals surface area contributed by atoms with E-state index in [0.717, 1.165) is 13.2 Å². The van der Waals surface area contributed by atoms with Crippen LogP contribution < -0.4 is 5.32 Å². The van der Waals surface area contributed by atoms with E-state index in [9.17, 15) is 4.39 Å². The van der Waals surface area contributed by atoms with E-state index in [2.05, 4.69) is 31.4 Å². The molecule has 2 aromatic rings. The minimum atomic E-state index is -0.344. The van der Waals surface area contributed by atoms with Crippen molar-refractivity contribution in [1.82, 2.24) is 15.5 Å². The first-order valence-corrected chi connectivity index (χ1v) is 7.10.